The van der Waals surface area contributed by atoms with Crippen LogP contribution in [0.3, 0.4) is 0 Å². The molecule has 3 heterocycles. The average Bonchev–Trinajstić information content (AvgIpc) is 3.31. The van der Waals surface area contributed by atoms with Crippen LogP contribution in [0, 0.1) is 11.3 Å². The monoisotopic (exact) mass is 401 g/mol. The summed E-state index contributed by atoms with van der Waals surface area (Å²) < 4.78 is 2.26. The fourth-order valence-electron chi connectivity index (χ4n) is 5.94. The standard InChI is InChI=1S/C23H39N5O/c1-19(2)15-28-18-24-25-22(28)20-16-27(17-23(20)10-5-3-6-11-23)21(29)9-14-26-12-7-4-8-13-26/h18-20H,3-17H2,1-2H3. The Hall–Kier alpha value is -1.43. The summed E-state index contributed by atoms with van der Waals surface area (Å²) in [5.74, 6) is 2.36. The molecule has 3 fully saturated rings. The summed E-state index contributed by atoms with van der Waals surface area (Å²) in [6, 6.07) is 0. The molecule has 0 aromatic carbocycles. The quantitative estimate of drug-likeness (QED) is 0.730. The number of carbonyl (C=O) groups excluding carboxylic acids is 1. The highest BCUT2D eigenvalue weighted by atomic mass is 16.2. The lowest BCUT2D eigenvalue weighted by Gasteiger charge is -2.37. The molecule has 6 heteroatoms. The van der Waals surface area contributed by atoms with Crippen LogP contribution < -0.4 is 0 Å². The molecule has 1 amide bonds. The number of amides is 1. The molecule has 0 radical (unpaired) electrons. The van der Waals surface area contributed by atoms with Crippen LogP contribution in [0.5, 0.6) is 0 Å². The number of carbonyl (C=O) groups is 1. The SMILES string of the molecule is CC(C)Cn1cnnc1C1CN(C(=O)CCN2CCCCC2)CC12CCCCC2. The van der Waals surface area contributed by atoms with Crippen molar-refractivity contribution >= 4 is 5.91 Å². The van der Waals surface area contributed by atoms with E-state index >= 15 is 0 Å². The number of likely N-dealkylation sites (tertiary alicyclic amines) is 2. The van der Waals surface area contributed by atoms with Gasteiger partial charge in [-0.3, -0.25) is 4.79 Å². The Morgan fingerprint density at radius 1 is 1.14 bits per heavy atom. The molecule has 1 spiro atoms. The summed E-state index contributed by atoms with van der Waals surface area (Å²) in [5, 5.41) is 8.85. The molecule has 1 atom stereocenters. The fraction of sp³-hybridized carbons (Fsp3) is 0.870. The van der Waals surface area contributed by atoms with Gasteiger partial charge in [0.15, 0.2) is 0 Å². The van der Waals surface area contributed by atoms with Crippen molar-refractivity contribution in [2.75, 3.05) is 32.7 Å². The minimum Gasteiger partial charge on any atom is -0.341 e. The van der Waals surface area contributed by atoms with Crippen molar-refractivity contribution in [1.29, 1.82) is 0 Å². The molecule has 6 nitrogen and oxygen atoms in total. The highest BCUT2D eigenvalue weighted by molar-refractivity contribution is 5.77. The Labute approximate surface area is 176 Å². The number of aromatic nitrogens is 3. The van der Waals surface area contributed by atoms with Gasteiger partial charge in [-0.2, -0.15) is 0 Å². The maximum Gasteiger partial charge on any atom is 0.223 e. The minimum atomic E-state index is 0.209. The second-order valence-electron chi connectivity index (χ2n) is 10.1. The first-order valence-corrected chi connectivity index (χ1v) is 12.0. The lowest BCUT2D eigenvalue weighted by molar-refractivity contribution is -0.131. The molecule has 162 valence electrons. The van der Waals surface area contributed by atoms with Crippen molar-refractivity contribution in [1.82, 2.24) is 24.6 Å². The largest absolute Gasteiger partial charge is 0.341 e. The Kier molecular flexibility index (Phi) is 6.57. The second kappa shape index (κ2) is 9.15. The molecular weight excluding hydrogens is 362 g/mol. The van der Waals surface area contributed by atoms with Gasteiger partial charge in [0.05, 0.1) is 0 Å². The zero-order valence-corrected chi connectivity index (χ0v) is 18.5. The van der Waals surface area contributed by atoms with Gasteiger partial charge in [-0.1, -0.05) is 39.5 Å². The summed E-state index contributed by atoms with van der Waals surface area (Å²) in [4.78, 5) is 17.8. The smallest absolute Gasteiger partial charge is 0.223 e. The normalized spacial score (nSPS) is 25.2. The zero-order valence-electron chi connectivity index (χ0n) is 18.5. The van der Waals surface area contributed by atoms with Gasteiger partial charge >= 0.3 is 0 Å². The van der Waals surface area contributed by atoms with Gasteiger partial charge in [-0.25, -0.2) is 0 Å². The van der Waals surface area contributed by atoms with Crippen molar-refractivity contribution in [2.24, 2.45) is 11.3 Å². The topological polar surface area (TPSA) is 54.3 Å². The predicted molar refractivity (Wildman–Crippen MR) is 115 cm³/mol. The van der Waals surface area contributed by atoms with E-state index in [0.717, 1.165) is 45.1 Å². The highest BCUT2D eigenvalue weighted by Crippen LogP contribution is 2.51. The number of rotatable bonds is 6. The van der Waals surface area contributed by atoms with E-state index in [1.54, 1.807) is 0 Å². The van der Waals surface area contributed by atoms with Crippen molar-refractivity contribution in [3.8, 4) is 0 Å². The van der Waals surface area contributed by atoms with E-state index in [0.29, 0.717) is 24.2 Å². The van der Waals surface area contributed by atoms with Crippen LogP contribution in [-0.4, -0.2) is 63.2 Å². The van der Waals surface area contributed by atoms with Gasteiger partial charge in [0.1, 0.15) is 12.2 Å². The minimum absolute atomic E-state index is 0.209. The van der Waals surface area contributed by atoms with Crippen LogP contribution in [0.1, 0.15) is 83.4 Å². The van der Waals surface area contributed by atoms with Gasteiger partial charge in [0.25, 0.3) is 0 Å². The number of hydrogen-bond donors (Lipinski definition) is 0. The third-order valence-electron chi connectivity index (χ3n) is 7.46. The van der Waals surface area contributed by atoms with Crippen LogP contribution in [0.15, 0.2) is 6.33 Å². The zero-order chi connectivity index (χ0) is 20.3. The van der Waals surface area contributed by atoms with E-state index in [-0.39, 0.29) is 5.41 Å². The number of nitrogens with zero attached hydrogens (tertiary/aromatic N) is 5. The highest BCUT2D eigenvalue weighted by Gasteiger charge is 2.50. The van der Waals surface area contributed by atoms with Crippen LogP contribution in [-0.2, 0) is 11.3 Å². The third kappa shape index (κ3) is 4.68. The van der Waals surface area contributed by atoms with Crippen LogP contribution >= 0.6 is 0 Å². The Morgan fingerprint density at radius 2 is 1.86 bits per heavy atom. The van der Waals surface area contributed by atoms with Crippen LogP contribution in [0.25, 0.3) is 0 Å². The number of hydrogen-bond acceptors (Lipinski definition) is 4. The molecule has 1 aromatic heterocycles. The molecule has 1 aromatic rings. The van der Waals surface area contributed by atoms with E-state index in [1.807, 2.05) is 6.33 Å². The lowest BCUT2D eigenvalue weighted by atomic mass is 9.67. The van der Waals surface area contributed by atoms with Crippen LogP contribution in [0.2, 0.25) is 0 Å². The van der Waals surface area contributed by atoms with Gasteiger partial charge in [0.2, 0.25) is 5.91 Å². The van der Waals surface area contributed by atoms with Crippen molar-refractivity contribution in [3.05, 3.63) is 12.2 Å². The molecule has 0 bridgehead atoms. The van der Waals surface area contributed by atoms with E-state index in [1.165, 1.54) is 51.4 Å². The van der Waals surface area contributed by atoms with Gasteiger partial charge in [-0.05, 0) is 50.1 Å². The summed E-state index contributed by atoms with van der Waals surface area (Å²) in [6.07, 6.45) is 12.8. The predicted octanol–water partition coefficient (Wildman–Crippen LogP) is 3.69. The Balaban J connectivity index is 1.47. The molecule has 1 aliphatic carbocycles. The summed E-state index contributed by atoms with van der Waals surface area (Å²) in [5.41, 5.74) is 0.209. The molecule has 1 saturated carbocycles. The molecular formula is C23H39N5O. The molecule has 2 saturated heterocycles. The summed E-state index contributed by atoms with van der Waals surface area (Å²) in [7, 11) is 0. The van der Waals surface area contributed by atoms with Crippen LogP contribution in [0.4, 0.5) is 0 Å². The molecule has 3 aliphatic rings. The molecule has 1 unspecified atom stereocenters. The van der Waals surface area contributed by atoms with Crippen molar-refractivity contribution in [3.63, 3.8) is 0 Å². The van der Waals surface area contributed by atoms with Gasteiger partial charge in [-0.15, -0.1) is 10.2 Å². The first-order valence-electron chi connectivity index (χ1n) is 12.0. The molecule has 0 N–H and O–H groups in total. The summed E-state index contributed by atoms with van der Waals surface area (Å²) >= 11 is 0. The first-order chi connectivity index (χ1) is 14.1. The Morgan fingerprint density at radius 3 is 2.59 bits per heavy atom. The van der Waals surface area contributed by atoms with Crippen molar-refractivity contribution in [2.45, 2.75) is 84.1 Å². The maximum atomic E-state index is 13.1. The average molecular weight is 402 g/mol. The molecule has 29 heavy (non-hydrogen) atoms. The lowest BCUT2D eigenvalue weighted by Crippen LogP contribution is -2.37. The maximum absolute atomic E-state index is 13.1. The van der Waals surface area contributed by atoms with E-state index in [9.17, 15) is 4.79 Å². The fourth-order valence-corrected chi connectivity index (χ4v) is 5.94. The van der Waals surface area contributed by atoms with E-state index in [2.05, 4.69) is 38.4 Å². The second-order valence-corrected chi connectivity index (χ2v) is 10.1. The first kappa shape index (κ1) is 20.8. The molecule has 2 aliphatic heterocycles. The van der Waals surface area contributed by atoms with Gasteiger partial charge < -0.3 is 14.4 Å². The molecule has 4 rings (SSSR count). The van der Waals surface area contributed by atoms with E-state index in [4.69, 9.17) is 0 Å². The van der Waals surface area contributed by atoms with Gasteiger partial charge in [0, 0.05) is 38.5 Å². The summed E-state index contributed by atoms with van der Waals surface area (Å²) in [6.45, 7) is 10.4. The third-order valence-corrected chi connectivity index (χ3v) is 7.46. The van der Waals surface area contributed by atoms with Crippen molar-refractivity contribution < 1.29 is 4.79 Å². The Bertz CT molecular complexity index is 673. The van der Waals surface area contributed by atoms with E-state index < -0.39 is 0 Å². The number of piperidine rings is 1.